The van der Waals surface area contributed by atoms with Crippen molar-refractivity contribution < 1.29 is 9.59 Å². The number of nitrogens with two attached hydrogens (primary N) is 1. The summed E-state index contributed by atoms with van der Waals surface area (Å²) in [6.45, 7) is 2.81. The maximum atomic E-state index is 12.1. The molecule has 26 heavy (non-hydrogen) atoms. The first-order chi connectivity index (χ1) is 12.6. The quantitative estimate of drug-likeness (QED) is 0.626. The van der Waals surface area contributed by atoms with Crippen LogP contribution in [-0.4, -0.2) is 53.0 Å². The standard InChI is InChI=1S/C18H24N6O2/c19-17(25)14-4-2-7-24(11-14)8-6-21-18(26)23-15-5-1-3-13(9-15)16-10-20-12-22-16/h1,3,5,9-10,12,14H,2,4,6-8,11H2,(H2,19,25)(H,20,22)(H2,21,23,26). The lowest BCUT2D eigenvalue weighted by molar-refractivity contribution is -0.123. The molecule has 3 amide bonds. The Bertz CT molecular complexity index is 746. The lowest BCUT2D eigenvalue weighted by atomic mass is 9.97. The van der Waals surface area contributed by atoms with E-state index in [0.29, 0.717) is 25.3 Å². The SMILES string of the molecule is NC(=O)C1CCCN(CCNC(=O)Nc2cccc(-c3cnc[nH]3)c2)C1. The average Bonchev–Trinajstić information content (AvgIpc) is 3.17. The van der Waals surface area contributed by atoms with Crippen molar-refractivity contribution in [2.24, 2.45) is 11.7 Å². The zero-order valence-corrected chi connectivity index (χ0v) is 14.6. The topological polar surface area (TPSA) is 116 Å². The number of H-pyrrole nitrogens is 1. The fraction of sp³-hybridized carbons (Fsp3) is 0.389. The maximum Gasteiger partial charge on any atom is 0.319 e. The molecule has 1 atom stereocenters. The number of urea groups is 1. The number of likely N-dealkylation sites (tertiary alicyclic amines) is 1. The van der Waals surface area contributed by atoms with E-state index in [4.69, 9.17) is 5.73 Å². The number of hydrogen-bond acceptors (Lipinski definition) is 4. The van der Waals surface area contributed by atoms with Crippen LogP contribution in [0.15, 0.2) is 36.8 Å². The van der Waals surface area contributed by atoms with Gasteiger partial charge in [-0.15, -0.1) is 0 Å². The van der Waals surface area contributed by atoms with E-state index in [1.807, 2.05) is 24.3 Å². The predicted molar refractivity (Wildman–Crippen MR) is 99.4 cm³/mol. The second-order valence-electron chi connectivity index (χ2n) is 6.47. The van der Waals surface area contributed by atoms with Crippen LogP contribution >= 0.6 is 0 Å². The van der Waals surface area contributed by atoms with Gasteiger partial charge in [-0.1, -0.05) is 12.1 Å². The van der Waals surface area contributed by atoms with Crippen molar-refractivity contribution in [3.8, 4) is 11.3 Å². The second-order valence-corrected chi connectivity index (χ2v) is 6.47. The molecule has 8 heteroatoms. The van der Waals surface area contributed by atoms with Crippen LogP contribution in [0.4, 0.5) is 10.5 Å². The summed E-state index contributed by atoms with van der Waals surface area (Å²) in [5, 5.41) is 5.68. The molecule has 8 nitrogen and oxygen atoms in total. The Hall–Kier alpha value is -2.87. The fourth-order valence-corrected chi connectivity index (χ4v) is 3.17. The normalized spacial score (nSPS) is 17.6. The Morgan fingerprint density at radius 3 is 3.04 bits per heavy atom. The average molecular weight is 356 g/mol. The van der Waals surface area contributed by atoms with E-state index in [1.165, 1.54) is 0 Å². The van der Waals surface area contributed by atoms with E-state index in [2.05, 4.69) is 25.5 Å². The Morgan fingerprint density at radius 1 is 1.38 bits per heavy atom. The maximum absolute atomic E-state index is 12.1. The number of anilines is 1. The van der Waals surface area contributed by atoms with Crippen LogP contribution in [0.3, 0.4) is 0 Å². The summed E-state index contributed by atoms with van der Waals surface area (Å²) < 4.78 is 0. The Morgan fingerprint density at radius 2 is 2.27 bits per heavy atom. The number of imidazole rings is 1. The van der Waals surface area contributed by atoms with Gasteiger partial charge in [0.25, 0.3) is 0 Å². The van der Waals surface area contributed by atoms with Gasteiger partial charge < -0.3 is 26.3 Å². The van der Waals surface area contributed by atoms with E-state index in [1.54, 1.807) is 12.5 Å². The smallest absolute Gasteiger partial charge is 0.319 e. The summed E-state index contributed by atoms with van der Waals surface area (Å²) in [6.07, 6.45) is 5.16. The van der Waals surface area contributed by atoms with Gasteiger partial charge in [0.2, 0.25) is 5.91 Å². The largest absolute Gasteiger partial charge is 0.369 e. The van der Waals surface area contributed by atoms with Gasteiger partial charge in [-0.05, 0) is 31.5 Å². The van der Waals surface area contributed by atoms with E-state index < -0.39 is 0 Å². The Balaban J connectivity index is 1.44. The van der Waals surface area contributed by atoms with Crippen LogP contribution in [-0.2, 0) is 4.79 Å². The highest BCUT2D eigenvalue weighted by atomic mass is 16.2. The minimum Gasteiger partial charge on any atom is -0.369 e. The third kappa shape index (κ3) is 4.82. The molecule has 2 aromatic rings. The molecular formula is C18H24N6O2. The van der Waals surface area contributed by atoms with Gasteiger partial charge in [0, 0.05) is 30.9 Å². The molecule has 3 rings (SSSR count). The molecule has 1 fully saturated rings. The summed E-state index contributed by atoms with van der Waals surface area (Å²) in [6, 6.07) is 7.29. The molecule has 1 unspecified atom stereocenters. The summed E-state index contributed by atoms with van der Waals surface area (Å²) in [5.74, 6) is -0.319. The van der Waals surface area contributed by atoms with Gasteiger partial charge in [-0.2, -0.15) is 0 Å². The van der Waals surface area contributed by atoms with Crippen molar-refractivity contribution in [1.82, 2.24) is 20.2 Å². The van der Waals surface area contributed by atoms with Crippen molar-refractivity contribution >= 4 is 17.6 Å². The molecule has 0 aliphatic carbocycles. The molecule has 0 saturated carbocycles. The molecule has 1 saturated heterocycles. The van der Waals surface area contributed by atoms with Crippen LogP contribution in [0.25, 0.3) is 11.3 Å². The number of nitrogens with one attached hydrogen (secondary N) is 3. The summed E-state index contributed by atoms with van der Waals surface area (Å²) in [7, 11) is 0. The highest BCUT2D eigenvalue weighted by molar-refractivity contribution is 5.90. The van der Waals surface area contributed by atoms with E-state index >= 15 is 0 Å². The van der Waals surface area contributed by atoms with Crippen molar-refractivity contribution in [1.29, 1.82) is 0 Å². The number of aromatic amines is 1. The number of piperidine rings is 1. The number of primary amides is 1. The van der Waals surface area contributed by atoms with Crippen LogP contribution in [0, 0.1) is 5.92 Å². The minimum absolute atomic E-state index is 0.0807. The number of carbonyl (C=O) groups excluding carboxylic acids is 2. The molecule has 1 aliphatic heterocycles. The number of aromatic nitrogens is 2. The molecular weight excluding hydrogens is 332 g/mol. The number of benzene rings is 1. The molecule has 5 N–H and O–H groups in total. The highest BCUT2D eigenvalue weighted by Crippen LogP contribution is 2.20. The van der Waals surface area contributed by atoms with Crippen LogP contribution in [0.2, 0.25) is 0 Å². The number of rotatable bonds is 6. The molecule has 0 bridgehead atoms. The molecule has 0 radical (unpaired) electrons. The van der Waals surface area contributed by atoms with Crippen LogP contribution < -0.4 is 16.4 Å². The van der Waals surface area contributed by atoms with Gasteiger partial charge >= 0.3 is 6.03 Å². The molecule has 1 aliphatic rings. The fourth-order valence-electron chi connectivity index (χ4n) is 3.17. The zero-order chi connectivity index (χ0) is 18.4. The van der Waals surface area contributed by atoms with E-state index in [0.717, 1.165) is 30.6 Å². The zero-order valence-electron chi connectivity index (χ0n) is 14.6. The number of nitrogens with zero attached hydrogens (tertiary/aromatic N) is 2. The second kappa shape index (κ2) is 8.48. The highest BCUT2D eigenvalue weighted by Gasteiger charge is 2.23. The summed E-state index contributed by atoms with van der Waals surface area (Å²) in [5.41, 5.74) is 7.94. The summed E-state index contributed by atoms with van der Waals surface area (Å²) >= 11 is 0. The van der Waals surface area contributed by atoms with E-state index in [9.17, 15) is 9.59 Å². The van der Waals surface area contributed by atoms with Crippen molar-refractivity contribution in [3.63, 3.8) is 0 Å². The first kappa shape index (κ1) is 17.9. The first-order valence-electron chi connectivity index (χ1n) is 8.77. The van der Waals surface area contributed by atoms with Gasteiger partial charge in [-0.25, -0.2) is 9.78 Å². The molecule has 0 spiro atoms. The first-order valence-corrected chi connectivity index (χ1v) is 8.77. The van der Waals surface area contributed by atoms with Crippen molar-refractivity contribution in [3.05, 3.63) is 36.8 Å². The van der Waals surface area contributed by atoms with Gasteiger partial charge in [0.1, 0.15) is 0 Å². The van der Waals surface area contributed by atoms with E-state index in [-0.39, 0.29) is 17.9 Å². The molecule has 1 aromatic carbocycles. The Kier molecular flexibility index (Phi) is 5.85. The molecule has 1 aromatic heterocycles. The van der Waals surface area contributed by atoms with Crippen molar-refractivity contribution in [2.45, 2.75) is 12.8 Å². The van der Waals surface area contributed by atoms with Gasteiger partial charge in [0.05, 0.1) is 24.1 Å². The molecule has 138 valence electrons. The molecule has 2 heterocycles. The Labute approximate surface area is 152 Å². The number of carbonyl (C=O) groups is 2. The minimum atomic E-state index is -0.254. The number of hydrogen-bond donors (Lipinski definition) is 4. The van der Waals surface area contributed by atoms with Crippen LogP contribution in [0.1, 0.15) is 12.8 Å². The van der Waals surface area contributed by atoms with Gasteiger partial charge in [0.15, 0.2) is 0 Å². The lowest BCUT2D eigenvalue weighted by Crippen LogP contribution is -2.44. The number of amides is 3. The van der Waals surface area contributed by atoms with Gasteiger partial charge in [-0.3, -0.25) is 4.79 Å². The monoisotopic (exact) mass is 356 g/mol. The van der Waals surface area contributed by atoms with Crippen LogP contribution in [0.5, 0.6) is 0 Å². The predicted octanol–water partition coefficient (Wildman–Crippen LogP) is 1.40. The van der Waals surface area contributed by atoms with Crippen molar-refractivity contribution in [2.75, 3.05) is 31.5 Å². The third-order valence-electron chi connectivity index (χ3n) is 4.55. The third-order valence-corrected chi connectivity index (χ3v) is 4.55. The summed E-state index contributed by atoms with van der Waals surface area (Å²) in [4.78, 5) is 32.6. The lowest BCUT2D eigenvalue weighted by Gasteiger charge is -2.31.